The first-order chi connectivity index (χ1) is 12.1. The molecule has 4 nitrogen and oxygen atoms in total. The summed E-state index contributed by atoms with van der Waals surface area (Å²) < 4.78 is 1.89. The highest BCUT2D eigenvalue weighted by Gasteiger charge is 2.53. The molecule has 0 saturated heterocycles. The quantitative estimate of drug-likeness (QED) is 0.688. The summed E-state index contributed by atoms with van der Waals surface area (Å²) in [5, 5.41) is 11.7. The lowest BCUT2D eigenvalue weighted by molar-refractivity contribution is -0.123. The Labute approximate surface area is 162 Å². The summed E-state index contributed by atoms with van der Waals surface area (Å²) >= 11 is 4.81. The molecule has 4 aliphatic carbocycles. The molecule has 0 radical (unpaired) electrons. The van der Waals surface area contributed by atoms with Crippen LogP contribution in [0.2, 0.25) is 0 Å². The molecule has 5 rings (SSSR count). The molecule has 1 atom stereocenters. The smallest absolute Gasteiger partial charge is 0.230 e. The molecule has 25 heavy (non-hydrogen) atoms. The molecule has 1 N–H and O–H groups in total. The van der Waals surface area contributed by atoms with E-state index >= 15 is 0 Å². The Morgan fingerprint density at radius 1 is 1.16 bits per heavy atom. The van der Waals surface area contributed by atoms with Crippen molar-refractivity contribution in [1.29, 1.82) is 0 Å². The van der Waals surface area contributed by atoms with Crippen molar-refractivity contribution < 1.29 is 4.79 Å². The van der Waals surface area contributed by atoms with Crippen molar-refractivity contribution in [3.8, 4) is 0 Å². The number of thioether (sulfide) groups is 2. The minimum Gasteiger partial charge on any atom is -0.352 e. The Morgan fingerprint density at radius 3 is 2.28 bits per heavy atom. The van der Waals surface area contributed by atoms with Crippen LogP contribution in [0, 0.1) is 23.2 Å². The first kappa shape index (κ1) is 18.1. The second kappa shape index (κ2) is 7.39. The van der Waals surface area contributed by atoms with Gasteiger partial charge in [-0.1, -0.05) is 41.8 Å². The highest BCUT2D eigenvalue weighted by Crippen LogP contribution is 2.61. The Balaban J connectivity index is 1.30. The second-order valence-electron chi connectivity index (χ2n) is 8.12. The van der Waals surface area contributed by atoms with E-state index in [-0.39, 0.29) is 5.91 Å². The van der Waals surface area contributed by atoms with Crippen molar-refractivity contribution >= 4 is 40.8 Å². The number of nitrogens with one attached hydrogen (secondary N) is 1. The Kier molecular flexibility index (Phi) is 5.35. The van der Waals surface area contributed by atoms with E-state index in [2.05, 4.69) is 29.4 Å². The summed E-state index contributed by atoms with van der Waals surface area (Å²) in [6, 6.07) is 0.301. The van der Waals surface area contributed by atoms with E-state index in [9.17, 15) is 4.79 Å². The Bertz CT molecular complexity index is 598. The van der Waals surface area contributed by atoms with Crippen LogP contribution in [0.4, 0.5) is 0 Å². The monoisotopic (exact) mass is 397 g/mol. The predicted octanol–water partition coefficient (Wildman–Crippen LogP) is 4.46. The van der Waals surface area contributed by atoms with Crippen molar-refractivity contribution in [1.82, 2.24) is 15.5 Å². The summed E-state index contributed by atoms with van der Waals surface area (Å²) in [5.41, 5.74) is 0.378. The van der Waals surface area contributed by atoms with Crippen molar-refractivity contribution in [2.45, 2.75) is 67.1 Å². The van der Waals surface area contributed by atoms with Crippen LogP contribution in [-0.4, -0.2) is 33.7 Å². The van der Waals surface area contributed by atoms with E-state index in [1.807, 2.05) is 0 Å². The molecule has 4 saturated carbocycles. The van der Waals surface area contributed by atoms with Gasteiger partial charge in [0.05, 0.1) is 5.75 Å². The van der Waals surface area contributed by atoms with Gasteiger partial charge in [-0.2, -0.15) is 0 Å². The van der Waals surface area contributed by atoms with Gasteiger partial charge in [-0.05, 0) is 74.4 Å². The first-order valence-electron chi connectivity index (χ1n) is 9.45. The van der Waals surface area contributed by atoms with E-state index in [0.29, 0.717) is 17.2 Å². The van der Waals surface area contributed by atoms with Crippen LogP contribution >= 0.6 is 34.9 Å². The van der Waals surface area contributed by atoms with Crippen molar-refractivity contribution in [3.05, 3.63) is 0 Å². The fourth-order valence-corrected chi connectivity index (χ4v) is 8.44. The zero-order valence-electron chi connectivity index (χ0n) is 15.0. The highest BCUT2D eigenvalue weighted by atomic mass is 32.2. The molecule has 0 aliphatic heterocycles. The van der Waals surface area contributed by atoms with Gasteiger partial charge in [-0.3, -0.25) is 4.79 Å². The van der Waals surface area contributed by atoms with Gasteiger partial charge in [-0.25, -0.2) is 0 Å². The molecule has 0 aromatic carbocycles. The number of hydrogen-bond donors (Lipinski definition) is 1. The van der Waals surface area contributed by atoms with Crippen LogP contribution in [0.25, 0.3) is 0 Å². The zero-order chi connectivity index (χ0) is 17.4. The number of nitrogens with zero attached hydrogens (tertiary/aromatic N) is 2. The van der Waals surface area contributed by atoms with E-state index in [4.69, 9.17) is 0 Å². The lowest BCUT2D eigenvalue weighted by Gasteiger charge is -2.59. The van der Waals surface area contributed by atoms with Crippen LogP contribution in [0.15, 0.2) is 8.68 Å². The zero-order valence-corrected chi connectivity index (χ0v) is 17.4. The minimum atomic E-state index is 0.146. The summed E-state index contributed by atoms with van der Waals surface area (Å²) in [6.07, 6.45) is 8.35. The van der Waals surface area contributed by atoms with E-state index in [1.165, 1.54) is 50.3 Å². The predicted molar refractivity (Wildman–Crippen MR) is 105 cm³/mol. The van der Waals surface area contributed by atoms with Crippen LogP contribution in [0.3, 0.4) is 0 Å². The molecule has 1 heterocycles. The number of carbonyl (C=O) groups excluding carboxylic acids is 1. The molecule has 4 aliphatic rings. The third-order valence-electron chi connectivity index (χ3n) is 6.36. The number of aromatic nitrogens is 2. The Morgan fingerprint density at radius 2 is 1.72 bits per heavy atom. The molecule has 1 amide bonds. The van der Waals surface area contributed by atoms with Crippen LogP contribution < -0.4 is 5.32 Å². The van der Waals surface area contributed by atoms with Gasteiger partial charge in [0.1, 0.15) is 0 Å². The Hall–Kier alpha value is -0.270. The average Bonchev–Trinajstić information content (AvgIpc) is 3.00. The highest BCUT2D eigenvalue weighted by molar-refractivity contribution is 8.03. The van der Waals surface area contributed by atoms with E-state index in [0.717, 1.165) is 32.2 Å². The van der Waals surface area contributed by atoms with Crippen LogP contribution in [0.5, 0.6) is 0 Å². The van der Waals surface area contributed by atoms with Gasteiger partial charge in [0.2, 0.25) is 5.91 Å². The molecule has 4 fully saturated rings. The second-order valence-corrected chi connectivity index (χ2v) is 11.8. The maximum Gasteiger partial charge on any atom is 0.230 e. The maximum atomic E-state index is 12.5. The van der Waals surface area contributed by atoms with Gasteiger partial charge in [-0.15, -0.1) is 10.2 Å². The summed E-state index contributed by atoms with van der Waals surface area (Å²) in [6.45, 7) is 4.36. The van der Waals surface area contributed by atoms with E-state index in [1.54, 1.807) is 23.1 Å². The minimum absolute atomic E-state index is 0.146. The third kappa shape index (κ3) is 3.88. The van der Waals surface area contributed by atoms with Gasteiger partial charge in [0.15, 0.2) is 8.68 Å². The van der Waals surface area contributed by atoms with Gasteiger partial charge >= 0.3 is 0 Å². The fraction of sp³-hybridized carbons (Fsp3) is 0.833. The number of rotatable bonds is 7. The SMILES string of the molecule is CCSc1nnc(SCC(=O)N[C@@H](C)C23CC4CC(CC(C4)C2)C3)s1. The largest absolute Gasteiger partial charge is 0.352 e. The number of carbonyl (C=O) groups is 1. The lowest BCUT2D eigenvalue weighted by Crippen LogP contribution is -2.56. The van der Waals surface area contributed by atoms with Gasteiger partial charge in [0.25, 0.3) is 0 Å². The molecule has 1 aromatic heterocycles. The first-order valence-corrected chi connectivity index (χ1v) is 12.2. The van der Waals surface area contributed by atoms with Gasteiger partial charge in [0, 0.05) is 6.04 Å². The van der Waals surface area contributed by atoms with Gasteiger partial charge < -0.3 is 5.32 Å². The molecular formula is C18H27N3OS3. The number of amides is 1. The lowest BCUT2D eigenvalue weighted by atomic mass is 9.48. The summed E-state index contributed by atoms with van der Waals surface area (Å²) in [7, 11) is 0. The van der Waals surface area contributed by atoms with Crippen LogP contribution in [0.1, 0.15) is 52.4 Å². The normalized spacial score (nSPS) is 34.2. The molecular weight excluding hydrogens is 370 g/mol. The summed E-state index contributed by atoms with van der Waals surface area (Å²) in [5.74, 6) is 4.38. The molecule has 4 bridgehead atoms. The third-order valence-corrected chi connectivity index (χ3v) is 9.44. The molecule has 0 unspecified atom stereocenters. The standard InChI is InChI=1S/C18H27N3OS3/c1-3-23-16-20-21-17(25-16)24-10-15(22)19-11(2)18-7-12-4-13(8-18)6-14(5-12)9-18/h11-14H,3-10H2,1-2H3,(H,19,22)/t11-,12?,13?,14?,18?/m0/s1. The van der Waals surface area contributed by atoms with E-state index < -0.39 is 0 Å². The molecule has 1 aromatic rings. The van der Waals surface area contributed by atoms with Crippen LogP contribution in [-0.2, 0) is 4.79 Å². The molecule has 0 spiro atoms. The molecule has 7 heteroatoms. The summed E-state index contributed by atoms with van der Waals surface area (Å²) in [4.78, 5) is 12.5. The van der Waals surface area contributed by atoms with Crippen molar-refractivity contribution in [2.75, 3.05) is 11.5 Å². The van der Waals surface area contributed by atoms with Crippen molar-refractivity contribution in [2.24, 2.45) is 23.2 Å². The topological polar surface area (TPSA) is 54.9 Å². The molecule has 138 valence electrons. The van der Waals surface area contributed by atoms with Crippen molar-refractivity contribution in [3.63, 3.8) is 0 Å². The number of hydrogen-bond acceptors (Lipinski definition) is 6. The maximum absolute atomic E-state index is 12.5. The fourth-order valence-electron chi connectivity index (χ4n) is 5.71. The average molecular weight is 398 g/mol.